The summed E-state index contributed by atoms with van der Waals surface area (Å²) < 4.78 is 0.295. The maximum Gasteiger partial charge on any atom is 0.0846 e. The Bertz CT molecular complexity index is 79.0. The minimum Gasteiger partial charge on any atom is -0.0924 e. The van der Waals surface area contributed by atoms with Gasteiger partial charge in [-0.15, -0.1) is 0 Å². The molecule has 0 aromatic heterocycles. The van der Waals surface area contributed by atoms with E-state index in [1.807, 2.05) is 0 Å². The van der Waals surface area contributed by atoms with E-state index in [0.717, 1.165) is 11.2 Å². The maximum absolute atomic E-state index is 3.50. The molecule has 1 rings (SSSR count). The van der Waals surface area contributed by atoms with Crippen LogP contribution in [0, 0.1) is 5.92 Å². The summed E-state index contributed by atoms with van der Waals surface area (Å²) in [5, 5.41) is 1.10. The second kappa shape index (κ2) is 1.99. The predicted octanol–water partition coefficient (Wildman–Crippen LogP) is 2.89. The highest BCUT2D eigenvalue weighted by Crippen LogP contribution is 2.56. The van der Waals surface area contributed by atoms with E-state index in [0.29, 0.717) is 3.23 Å². The molecule has 3 heteroatoms. The summed E-state index contributed by atoms with van der Waals surface area (Å²) in [4.78, 5) is 0. The Balaban J connectivity index is 2.30. The summed E-state index contributed by atoms with van der Waals surface area (Å²) in [5.74, 6) is 0.799. The third-order valence-electron chi connectivity index (χ3n) is 1.14. The van der Waals surface area contributed by atoms with Crippen molar-refractivity contribution in [3.05, 3.63) is 0 Å². The standard InChI is InChI=1S/C4H5Br3/c5-2-3-1-4(3,6)7/h3H,1-2H2. The third kappa shape index (κ3) is 1.42. The lowest BCUT2D eigenvalue weighted by Crippen LogP contribution is -1.86. The van der Waals surface area contributed by atoms with Crippen LogP contribution in [0.3, 0.4) is 0 Å². The number of rotatable bonds is 1. The molecule has 0 aromatic carbocycles. The van der Waals surface area contributed by atoms with E-state index in [4.69, 9.17) is 0 Å². The second-order valence-corrected chi connectivity index (χ2v) is 6.36. The monoisotopic (exact) mass is 290 g/mol. The molecule has 0 aromatic rings. The molecular weight excluding hydrogens is 288 g/mol. The average molecular weight is 293 g/mol. The van der Waals surface area contributed by atoms with Gasteiger partial charge < -0.3 is 0 Å². The van der Waals surface area contributed by atoms with Gasteiger partial charge in [0.15, 0.2) is 0 Å². The summed E-state index contributed by atoms with van der Waals surface area (Å²) in [6, 6.07) is 0. The van der Waals surface area contributed by atoms with Crippen molar-refractivity contribution in [3.8, 4) is 0 Å². The van der Waals surface area contributed by atoms with Gasteiger partial charge in [-0.2, -0.15) is 0 Å². The van der Waals surface area contributed by atoms with Gasteiger partial charge in [-0.05, 0) is 12.3 Å². The van der Waals surface area contributed by atoms with Crippen LogP contribution in [0.5, 0.6) is 0 Å². The van der Waals surface area contributed by atoms with Crippen LogP contribution in [0.4, 0.5) is 0 Å². The van der Waals surface area contributed by atoms with Gasteiger partial charge in [-0.25, -0.2) is 0 Å². The molecule has 1 aliphatic rings. The van der Waals surface area contributed by atoms with Gasteiger partial charge >= 0.3 is 0 Å². The number of alkyl halides is 3. The normalized spacial score (nSPS) is 35.6. The molecule has 0 nitrogen and oxygen atoms in total. The minimum atomic E-state index is 0.295. The first kappa shape index (κ1) is 6.56. The van der Waals surface area contributed by atoms with Crippen molar-refractivity contribution in [2.75, 3.05) is 5.33 Å². The molecule has 1 atom stereocenters. The van der Waals surface area contributed by atoms with Gasteiger partial charge in [-0.3, -0.25) is 0 Å². The zero-order valence-corrected chi connectivity index (χ0v) is 8.38. The summed E-state index contributed by atoms with van der Waals surface area (Å²) >= 11 is 10.4. The molecule has 0 saturated heterocycles. The average Bonchev–Trinajstić information content (AvgIpc) is 2.13. The summed E-state index contributed by atoms with van der Waals surface area (Å²) in [5.41, 5.74) is 0. The Labute approximate surface area is 68.4 Å². The first-order valence-corrected chi connectivity index (χ1v) is 4.81. The van der Waals surface area contributed by atoms with Crippen LogP contribution in [0.1, 0.15) is 6.42 Å². The molecule has 1 unspecified atom stereocenters. The fourth-order valence-electron chi connectivity index (χ4n) is 0.437. The van der Waals surface area contributed by atoms with Crippen LogP contribution in [-0.2, 0) is 0 Å². The second-order valence-electron chi connectivity index (χ2n) is 1.82. The van der Waals surface area contributed by atoms with E-state index in [1.165, 1.54) is 6.42 Å². The Morgan fingerprint density at radius 1 is 1.57 bits per heavy atom. The summed E-state index contributed by atoms with van der Waals surface area (Å²) in [6.07, 6.45) is 1.25. The number of halogens is 3. The van der Waals surface area contributed by atoms with Crippen molar-refractivity contribution in [1.29, 1.82) is 0 Å². The molecule has 0 heterocycles. The quantitative estimate of drug-likeness (QED) is 0.652. The number of hydrogen-bond donors (Lipinski definition) is 0. The van der Waals surface area contributed by atoms with Crippen LogP contribution >= 0.6 is 47.8 Å². The first-order chi connectivity index (χ1) is 3.17. The van der Waals surface area contributed by atoms with Gasteiger partial charge in [0.1, 0.15) is 0 Å². The molecule has 0 bridgehead atoms. The van der Waals surface area contributed by atoms with Crippen molar-refractivity contribution in [2.45, 2.75) is 9.65 Å². The Morgan fingerprint density at radius 2 is 2.00 bits per heavy atom. The van der Waals surface area contributed by atoms with Crippen molar-refractivity contribution < 1.29 is 0 Å². The lowest BCUT2D eigenvalue weighted by molar-refractivity contribution is 1.01. The van der Waals surface area contributed by atoms with Crippen molar-refractivity contribution in [2.24, 2.45) is 5.92 Å². The highest BCUT2D eigenvalue weighted by atomic mass is 79.9. The SMILES string of the molecule is BrCC1CC1(Br)Br. The van der Waals surface area contributed by atoms with Gasteiger partial charge in [0.05, 0.1) is 3.23 Å². The van der Waals surface area contributed by atoms with E-state index in [2.05, 4.69) is 47.8 Å². The van der Waals surface area contributed by atoms with Crippen molar-refractivity contribution >= 4 is 47.8 Å². The van der Waals surface area contributed by atoms with E-state index in [9.17, 15) is 0 Å². The Kier molecular flexibility index (Phi) is 1.87. The van der Waals surface area contributed by atoms with Crippen LogP contribution < -0.4 is 0 Å². The molecule has 0 aliphatic heterocycles. The minimum absolute atomic E-state index is 0.295. The Morgan fingerprint density at radius 3 is 2.00 bits per heavy atom. The highest BCUT2D eigenvalue weighted by molar-refractivity contribution is 9.25. The molecule has 0 spiro atoms. The smallest absolute Gasteiger partial charge is 0.0846 e. The van der Waals surface area contributed by atoms with E-state index in [-0.39, 0.29) is 0 Å². The van der Waals surface area contributed by atoms with Crippen LogP contribution in [0.15, 0.2) is 0 Å². The molecule has 1 aliphatic carbocycles. The van der Waals surface area contributed by atoms with Crippen molar-refractivity contribution in [3.63, 3.8) is 0 Å². The molecular formula is C4H5Br3. The molecule has 1 fully saturated rings. The molecule has 42 valence electrons. The lowest BCUT2D eigenvalue weighted by Gasteiger charge is -1.90. The number of hydrogen-bond acceptors (Lipinski definition) is 0. The predicted molar refractivity (Wildman–Crippen MR) is 42.5 cm³/mol. The molecule has 0 N–H and O–H groups in total. The first-order valence-electron chi connectivity index (χ1n) is 2.10. The zero-order valence-electron chi connectivity index (χ0n) is 3.63. The molecule has 0 amide bonds. The van der Waals surface area contributed by atoms with Gasteiger partial charge in [0.2, 0.25) is 0 Å². The van der Waals surface area contributed by atoms with Crippen molar-refractivity contribution in [1.82, 2.24) is 0 Å². The van der Waals surface area contributed by atoms with E-state index < -0.39 is 0 Å². The lowest BCUT2D eigenvalue weighted by atomic mass is 10.5. The fraction of sp³-hybridized carbons (Fsp3) is 1.00. The van der Waals surface area contributed by atoms with Crippen LogP contribution in [0.2, 0.25) is 0 Å². The fourth-order valence-corrected chi connectivity index (χ4v) is 3.19. The zero-order chi connectivity index (χ0) is 5.49. The van der Waals surface area contributed by atoms with E-state index in [1.54, 1.807) is 0 Å². The van der Waals surface area contributed by atoms with Crippen LogP contribution in [0.25, 0.3) is 0 Å². The third-order valence-corrected chi connectivity index (χ3v) is 3.87. The summed E-state index contributed by atoms with van der Waals surface area (Å²) in [6.45, 7) is 0. The topological polar surface area (TPSA) is 0 Å². The largest absolute Gasteiger partial charge is 0.0924 e. The van der Waals surface area contributed by atoms with Gasteiger partial charge in [-0.1, -0.05) is 47.8 Å². The summed E-state index contributed by atoms with van der Waals surface area (Å²) in [7, 11) is 0. The van der Waals surface area contributed by atoms with Gasteiger partial charge in [0, 0.05) is 5.33 Å². The maximum atomic E-state index is 3.50. The Hall–Kier alpha value is 1.44. The highest BCUT2D eigenvalue weighted by Gasteiger charge is 2.49. The molecule has 7 heavy (non-hydrogen) atoms. The van der Waals surface area contributed by atoms with Crippen LogP contribution in [-0.4, -0.2) is 8.56 Å². The molecule has 1 saturated carbocycles. The molecule has 0 radical (unpaired) electrons. The van der Waals surface area contributed by atoms with Gasteiger partial charge in [0.25, 0.3) is 0 Å². The van der Waals surface area contributed by atoms with E-state index >= 15 is 0 Å².